The topological polar surface area (TPSA) is 0 Å². The summed E-state index contributed by atoms with van der Waals surface area (Å²) >= 11 is 0. The molecule has 2 saturated carbocycles. The average molecular weight is 555 g/mol. The molecule has 1 spiro atoms. The van der Waals surface area contributed by atoms with Crippen molar-refractivity contribution in [2.24, 2.45) is 0 Å². The van der Waals surface area contributed by atoms with Gasteiger partial charge in [-0.3, -0.25) is 0 Å². The fraction of sp³-hybridized carbons (Fsp3) is 1.00. The molecule has 10 saturated heterocycles. The van der Waals surface area contributed by atoms with Crippen LogP contribution in [0.4, 0.5) is 0 Å². The summed E-state index contributed by atoms with van der Waals surface area (Å²) in [5.41, 5.74) is 3.78. The first-order chi connectivity index (χ1) is 17.0. The van der Waals surface area contributed by atoms with Gasteiger partial charge in [-0.1, -0.05) is 0 Å². The molecule has 0 amide bonds. The van der Waals surface area contributed by atoms with Gasteiger partial charge in [0, 0.05) is 0 Å². The Morgan fingerprint density at radius 1 is 0.686 bits per heavy atom. The maximum atomic E-state index is 3.02. The van der Waals surface area contributed by atoms with Crippen molar-refractivity contribution in [1.29, 1.82) is 0 Å². The van der Waals surface area contributed by atoms with Crippen LogP contribution in [0.2, 0.25) is 42.8 Å². The van der Waals surface area contributed by atoms with Crippen molar-refractivity contribution < 1.29 is 6.51 Å². The summed E-state index contributed by atoms with van der Waals surface area (Å²) in [5.74, 6) is 0. The minimum absolute atomic E-state index is 0.314. The molecule has 0 radical (unpaired) electrons. The van der Waals surface area contributed by atoms with E-state index in [2.05, 4.69) is 20.8 Å². The molecule has 35 heavy (non-hydrogen) atoms. The van der Waals surface area contributed by atoms with Crippen LogP contribution in [0.15, 0.2) is 0 Å². The van der Waals surface area contributed by atoms with Crippen LogP contribution in [-0.2, 0) is 6.51 Å². The van der Waals surface area contributed by atoms with E-state index < -0.39 is 6.51 Å². The van der Waals surface area contributed by atoms with Gasteiger partial charge in [0.2, 0.25) is 0 Å². The first kappa shape index (κ1) is 20.3. The molecule has 6 unspecified atom stereocenters. The fourth-order valence-corrected chi connectivity index (χ4v) is 124. The van der Waals surface area contributed by atoms with Gasteiger partial charge in [0.25, 0.3) is 0 Å². The van der Waals surface area contributed by atoms with Crippen LogP contribution in [-0.4, -0.2) is 33.4 Å². The molecule has 0 aromatic rings. The van der Waals surface area contributed by atoms with Crippen LogP contribution in [0.1, 0.15) is 111 Å². The Morgan fingerprint density at radius 3 is 1.57 bits per heavy atom. The Hall–Kier alpha value is 1.38. The van der Waals surface area contributed by atoms with Gasteiger partial charge in [-0.25, -0.2) is 0 Å². The van der Waals surface area contributed by atoms with Gasteiger partial charge < -0.3 is 0 Å². The number of rotatable bonds is 11. The van der Waals surface area contributed by atoms with Crippen molar-refractivity contribution in [3.8, 4) is 0 Å². The molecule has 6 atom stereocenters. The van der Waals surface area contributed by atoms with Crippen LogP contribution in [0, 0.1) is 0 Å². The molecule has 3 heteroatoms. The normalized spacial score (nSPS) is 73.9. The standard InChI is InChI=1S/C27H47P2.C5H5.Fe/c1-4-6-21-28(22-7-5-2)23(3)26-19-14-20-27(26)29(24-15-10-8-11-16-24)25-17-12-9-13-18-25;1-2-4-5-3-1;/h14,19-20,23-25H,4-13,15-18,21-22H2,1-3H3;1-5H;. The van der Waals surface area contributed by atoms with Crippen molar-refractivity contribution in [1.82, 2.24) is 0 Å². The monoisotopic (exact) mass is 554 g/mol. The number of unbranched alkanes of at least 4 members (excludes halogenated alkanes) is 2. The predicted octanol–water partition coefficient (Wildman–Crippen LogP) is 11.3. The van der Waals surface area contributed by atoms with Gasteiger partial charge >= 0.3 is 209 Å². The third-order valence-corrected chi connectivity index (χ3v) is 76.9. The summed E-state index contributed by atoms with van der Waals surface area (Å²) < 4.78 is 2.35. The van der Waals surface area contributed by atoms with E-state index in [0.29, 0.717) is 15.8 Å². The molecule has 2 aliphatic carbocycles. The van der Waals surface area contributed by atoms with E-state index in [9.17, 15) is 0 Å². The molecule has 12 rings (SSSR count). The molecule has 198 valence electrons. The molecular weight excluding hydrogens is 502 g/mol. The van der Waals surface area contributed by atoms with Gasteiger partial charge in [-0.05, 0) is 0 Å². The first-order valence-corrected chi connectivity index (χ1v) is 26.2. The second-order valence-electron chi connectivity index (χ2n) is 18.2. The Morgan fingerprint density at radius 2 is 1.17 bits per heavy atom. The molecular formula is C32H52FeP2. The zero-order chi connectivity index (χ0) is 23.1. The van der Waals surface area contributed by atoms with E-state index in [1.165, 1.54) is 67.6 Å². The van der Waals surface area contributed by atoms with Crippen molar-refractivity contribution in [2.45, 2.75) is 175 Å². The van der Waals surface area contributed by atoms with Crippen molar-refractivity contribution in [3.05, 3.63) is 0 Å². The van der Waals surface area contributed by atoms with Gasteiger partial charge in [-0.2, -0.15) is 0 Å². The van der Waals surface area contributed by atoms with E-state index in [-0.39, 0.29) is 0 Å². The van der Waals surface area contributed by atoms with Gasteiger partial charge in [-0.15, -0.1) is 0 Å². The molecule has 12 fully saturated rings. The van der Waals surface area contributed by atoms with E-state index in [0.717, 1.165) is 4.31 Å². The van der Waals surface area contributed by atoms with Gasteiger partial charge in [0.05, 0.1) is 0 Å². The zero-order valence-corrected chi connectivity index (χ0v) is 25.8. The minimum atomic E-state index is -3.37. The Labute approximate surface area is 208 Å². The Bertz CT molecular complexity index is 1340. The van der Waals surface area contributed by atoms with E-state index in [4.69, 9.17) is 0 Å². The van der Waals surface area contributed by atoms with Crippen molar-refractivity contribution >= 4 is 15.8 Å². The van der Waals surface area contributed by atoms with Crippen molar-refractivity contribution in [3.63, 3.8) is 0 Å². The van der Waals surface area contributed by atoms with E-state index in [1.807, 2.05) is 0 Å². The molecule has 10 aliphatic heterocycles. The van der Waals surface area contributed by atoms with Crippen LogP contribution in [0.25, 0.3) is 0 Å². The number of fused-ring (bicyclic) bond motifs is 10. The third kappa shape index (κ3) is 0.516. The zero-order valence-electron chi connectivity index (χ0n) is 22.9. The summed E-state index contributed by atoms with van der Waals surface area (Å²) in [6.45, 7) is 4.62. The molecule has 0 bridgehead atoms. The number of hydrogen-bond donors (Lipinski definition) is 0. The summed E-state index contributed by atoms with van der Waals surface area (Å²) in [7, 11) is 0.679. The second kappa shape index (κ2) is 3.25. The Balaban J connectivity index is 1.07. The van der Waals surface area contributed by atoms with Crippen molar-refractivity contribution in [2.75, 3.05) is 12.3 Å². The van der Waals surface area contributed by atoms with Crippen LogP contribution in [0.5, 0.6) is 0 Å². The fourth-order valence-electron chi connectivity index (χ4n) is 23.6. The Kier molecular flexibility index (Phi) is 1.89. The molecule has 0 aromatic carbocycles. The second-order valence-corrected chi connectivity index (χ2v) is 47.7. The van der Waals surface area contributed by atoms with Crippen LogP contribution in [0.3, 0.4) is 0 Å². The summed E-state index contributed by atoms with van der Waals surface area (Å²) in [6.07, 6.45) is 25.9. The maximum absolute atomic E-state index is 3.37. The third-order valence-electron chi connectivity index (χ3n) is 22.0. The summed E-state index contributed by atoms with van der Waals surface area (Å²) in [5, 5.41) is 0. The van der Waals surface area contributed by atoms with Crippen LogP contribution < -0.4 is 0 Å². The van der Waals surface area contributed by atoms with Gasteiger partial charge in [0.15, 0.2) is 0 Å². The number of hydrogen-bond acceptors (Lipinski definition) is 0. The summed E-state index contributed by atoms with van der Waals surface area (Å²) in [6, 6.07) is 0. The molecule has 10 heterocycles. The quantitative estimate of drug-likeness (QED) is 0.176. The molecule has 12 aliphatic rings. The van der Waals surface area contributed by atoms with Crippen LogP contribution >= 0.6 is 15.8 Å². The van der Waals surface area contributed by atoms with Gasteiger partial charge in [0.1, 0.15) is 0 Å². The molecule has 0 nitrogen and oxygen atoms in total. The summed E-state index contributed by atoms with van der Waals surface area (Å²) in [4.78, 5) is 12.3. The molecule has 0 aromatic heterocycles. The predicted molar refractivity (Wildman–Crippen MR) is 152 cm³/mol. The van der Waals surface area contributed by atoms with E-state index >= 15 is 0 Å². The average Bonchev–Trinajstić information content (AvgIpc) is 3.85. The van der Waals surface area contributed by atoms with E-state index in [1.54, 1.807) is 94.2 Å². The first-order valence-electron chi connectivity index (χ1n) is 16.7. The molecule has 0 N–H and O–H groups in total. The SMILES string of the molecule is CCCCP(CCCC)C(C)[C]12[CH]3[CH]4[CH]5[C]1(P(C1CCCCC1)C1CCCCC1)[Fe]43521678[CH]2[CH]1[CH]6[CH]7[CH]28.